The maximum Gasteiger partial charge on any atom is 0.264 e. The molecule has 0 bridgehead atoms. The van der Waals surface area contributed by atoms with Crippen molar-refractivity contribution in [3.8, 4) is 5.75 Å². The molecule has 0 aliphatic carbocycles. The van der Waals surface area contributed by atoms with Gasteiger partial charge in [-0.3, -0.25) is 9.48 Å². The van der Waals surface area contributed by atoms with Gasteiger partial charge in [0.15, 0.2) is 0 Å². The molecule has 0 fully saturated rings. The molecule has 6 heteroatoms. The quantitative estimate of drug-likeness (QED) is 0.606. The number of hydrogen-bond acceptors (Lipinski definition) is 4. The first kappa shape index (κ1) is 19.2. The van der Waals surface area contributed by atoms with Crippen LogP contribution in [0.25, 0.3) is 0 Å². The van der Waals surface area contributed by atoms with E-state index in [-0.39, 0.29) is 5.91 Å². The fraction of sp³-hybridized carbons (Fsp3) is 0.333. The van der Waals surface area contributed by atoms with Gasteiger partial charge in [-0.2, -0.15) is 5.10 Å². The second kappa shape index (κ2) is 8.39. The molecule has 0 atom stereocenters. The predicted octanol–water partition coefficient (Wildman–Crippen LogP) is 4.43. The van der Waals surface area contributed by atoms with Gasteiger partial charge >= 0.3 is 0 Å². The lowest BCUT2D eigenvalue weighted by Gasteiger charge is -2.16. The third-order valence-electron chi connectivity index (χ3n) is 4.60. The summed E-state index contributed by atoms with van der Waals surface area (Å²) in [6, 6.07) is 9.94. The van der Waals surface area contributed by atoms with Crippen molar-refractivity contribution in [2.24, 2.45) is 0 Å². The van der Waals surface area contributed by atoms with Crippen LogP contribution in [0, 0.1) is 13.8 Å². The average molecular weight is 384 g/mol. The fourth-order valence-corrected chi connectivity index (χ4v) is 3.71. The molecule has 0 saturated heterocycles. The lowest BCUT2D eigenvalue weighted by atomic mass is 10.1. The Labute approximate surface area is 164 Å². The van der Waals surface area contributed by atoms with E-state index in [0.29, 0.717) is 13.2 Å². The molecule has 3 rings (SSSR count). The zero-order valence-corrected chi connectivity index (χ0v) is 17.0. The number of amides is 1. The van der Waals surface area contributed by atoms with Crippen LogP contribution in [-0.4, -0.2) is 27.6 Å². The summed E-state index contributed by atoms with van der Waals surface area (Å²) in [5.74, 6) is 0.864. The van der Waals surface area contributed by atoms with Gasteiger partial charge in [-0.1, -0.05) is 6.07 Å². The molecule has 1 aromatic carbocycles. The zero-order chi connectivity index (χ0) is 19.4. The molecule has 5 nitrogen and oxygen atoms in total. The minimum Gasteiger partial charge on any atom is -0.489 e. The molecule has 2 heterocycles. The zero-order valence-electron chi connectivity index (χ0n) is 16.2. The van der Waals surface area contributed by atoms with Gasteiger partial charge in [0.2, 0.25) is 0 Å². The molecular weight excluding hydrogens is 358 g/mol. The summed E-state index contributed by atoms with van der Waals surface area (Å²) in [6.07, 6.45) is 1.77. The van der Waals surface area contributed by atoms with Crippen LogP contribution >= 0.6 is 11.3 Å². The number of aryl methyl sites for hydroxylation is 3. The van der Waals surface area contributed by atoms with Crippen molar-refractivity contribution >= 4 is 17.2 Å². The Morgan fingerprint density at radius 2 is 2.04 bits per heavy atom. The highest BCUT2D eigenvalue weighted by molar-refractivity contribution is 7.12. The van der Waals surface area contributed by atoms with Gasteiger partial charge in [-0.25, -0.2) is 0 Å². The van der Waals surface area contributed by atoms with E-state index >= 15 is 0 Å². The first-order chi connectivity index (χ1) is 13.0. The molecule has 0 unspecified atom stereocenters. The van der Waals surface area contributed by atoms with Gasteiger partial charge < -0.3 is 9.64 Å². The fourth-order valence-electron chi connectivity index (χ4n) is 2.82. The van der Waals surface area contributed by atoms with Crippen molar-refractivity contribution < 1.29 is 9.53 Å². The van der Waals surface area contributed by atoms with E-state index in [4.69, 9.17) is 4.74 Å². The molecule has 0 aliphatic rings. The average Bonchev–Trinajstić information content (AvgIpc) is 3.31. The Morgan fingerprint density at radius 3 is 2.78 bits per heavy atom. The van der Waals surface area contributed by atoms with E-state index in [1.54, 1.807) is 11.1 Å². The second-order valence-electron chi connectivity index (χ2n) is 6.65. The molecule has 0 spiro atoms. The van der Waals surface area contributed by atoms with Crippen LogP contribution in [-0.2, 0) is 19.7 Å². The highest BCUT2D eigenvalue weighted by Crippen LogP contribution is 2.21. The topological polar surface area (TPSA) is 47.4 Å². The van der Waals surface area contributed by atoms with Gasteiger partial charge in [0.05, 0.1) is 17.1 Å². The standard InChI is InChI=1S/C21H25N3O2S/c1-5-24-18(8-9-22-24)12-23(4)21(25)20-11-17(14-27-20)13-26-19-7-6-15(2)16(3)10-19/h6-11,14H,5,12-13H2,1-4H3. The molecule has 0 N–H and O–H groups in total. The lowest BCUT2D eigenvalue weighted by Crippen LogP contribution is -2.26. The molecule has 27 heavy (non-hydrogen) atoms. The van der Waals surface area contributed by atoms with Crippen LogP contribution in [0.1, 0.15) is 39.0 Å². The van der Waals surface area contributed by atoms with E-state index in [9.17, 15) is 4.79 Å². The normalized spacial score (nSPS) is 10.8. The first-order valence-electron chi connectivity index (χ1n) is 9.01. The molecule has 0 aliphatic heterocycles. The highest BCUT2D eigenvalue weighted by atomic mass is 32.1. The third kappa shape index (κ3) is 4.57. The summed E-state index contributed by atoms with van der Waals surface area (Å²) in [7, 11) is 1.82. The number of hydrogen-bond donors (Lipinski definition) is 0. The lowest BCUT2D eigenvalue weighted by molar-refractivity contribution is 0.0786. The predicted molar refractivity (Wildman–Crippen MR) is 108 cm³/mol. The molecule has 0 radical (unpaired) electrons. The largest absolute Gasteiger partial charge is 0.489 e. The van der Waals surface area contributed by atoms with E-state index < -0.39 is 0 Å². The number of thiophene rings is 1. The summed E-state index contributed by atoms with van der Waals surface area (Å²) in [5.41, 5.74) is 4.50. The van der Waals surface area contributed by atoms with Gasteiger partial charge in [-0.05, 0) is 61.5 Å². The van der Waals surface area contributed by atoms with Crippen molar-refractivity contribution in [3.63, 3.8) is 0 Å². The number of rotatable bonds is 7. The summed E-state index contributed by atoms with van der Waals surface area (Å²) < 4.78 is 7.77. The number of nitrogens with zero attached hydrogens (tertiary/aromatic N) is 3. The Kier molecular flexibility index (Phi) is 5.96. The summed E-state index contributed by atoms with van der Waals surface area (Å²) >= 11 is 1.46. The Morgan fingerprint density at radius 1 is 1.22 bits per heavy atom. The van der Waals surface area contributed by atoms with Crippen LogP contribution in [0.4, 0.5) is 0 Å². The Hall–Kier alpha value is -2.60. The van der Waals surface area contributed by atoms with Gasteiger partial charge in [0, 0.05) is 25.4 Å². The summed E-state index contributed by atoms with van der Waals surface area (Å²) in [6.45, 7) is 7.99. The van der Waals surface area contributed by atoms with Crippen molar-refractivity contribution in [3.05, 3.63) is 69.2 Å². The monoisotopic (exact) mass is 383 g/mol. The number of carbonyl (C=O) groups excluding carboxylic acids is 1. The van der Waals surface area contributed by atoms with Crippen LogP contribution in [0.3, 0.4) is 0 Å². The van der Waals surface area contributed by atoms with E-state index in [1.807, 2.05) is 48.3 Å². The maximum absolute atomic E-state index is 12.7. The molecule has 1 amide bonds. The Bertz CT molecular complexity index is 929. The third-order valence-corrected chi connectivity index (χ3v) is 5.57. The van der Waals surface area contributed by atoms with Crippen molar-refractivity contribution in [1.82, 2.24) is 14.7 Å². The minimum atomic E-state index is 0.0151. The molecule has 142 valence electrons. The van der Waals surface area contributed by atoms with Crippen LogP contribution in [0.5, 0.6) is 5.75 Å². The van der Waals surface area contributed by atoms with Crippen LogP contribution in [0.2, 0.25) is 0 Å². The second-order valence-corrected chi connectivity index (χ2v) is 7.56. The van der Waals surface area contributed by atoms with Crippen molar-refractivity contribution in [2.75, 3.05) is 7.05 Å². The maximum atomic E-state index is 12.7. The summed E-state index contributed by atoms with van der Waals surface area (Å²) in [5, 5.41) is 6.24. The van der Waals surface area contributed by atoms with E-state index in [2.05, 4.69) is 25.0 Å². The van der Waals surface area contributed by atoms with Crippen molar-refractivity contribution in [2.45, 2.75) is 40.5 Å². The number of benzene rings is 1. The molecule has 2 aromatic heterocycles. The number of carbonyl (C=O) groups is 1. The van der Waals surface area contributed by atoms with E-state index in [0.717, 1.165) is 28.4 Å². The summed E-state index contributed by atoms with van der Waals surface area (Å²) in [4.78, 5) is 15.2. The van der Waals surface area contributed by atoms with Crippen LogP contribution in [0.15, 0.2) is 41.9 Å². The SMILES string of the molecule is CCn1nccc1CN(C)C(=O)c1cc(COc2ccc(C)c(C)c2)cs1. The first-order valence-corrected chi connectivity index (χ1v) is 9.89. The van der Waals surface area contributed by atoms with Crippen LogP contribution < -0.4 is 4.74 Å². The Balaban J connectivity index is 1.60. The van der Waals surface area contributed by atoms with Gasteiger partial charge in [-0.15, -0.1) is 11.3 Å². The number of aromatic nitrogens is 2. The number of ether oxygens (including phenoxy) is 1. The van der Waals surface area contributed by atoms with E-state index in [1.165, 1.54) is 22.5 Å². The van der Waals surface area contributed by atoms with Gasteiger partial charge in [0.25, 0.3) is 5.91 Å². The molecule has 0 saturated carbocycles. The minimum absolute atomic E-state index is 0.0151. The highest BCUT2D eigenvalue weighted by Gasteiger charge is 2.16. The smallest absolute Gasteiger partial charge is 0.264 e. The molecule has 3 aromatic rings. The van der Waals surface area contributed by atoms with Crippen molar-refractivity contribution in [1.29, 1.82) is 0 Å². The van der Waals surface area contributed by atoms with Gasteiger partial charge in [0.1, 0.15) is 12.4 Å². The molecular formula is C21H25N3O2S.